The van der Waals surface area contributed by atoms with Crippen molar-refractivity contribution in [2.45, 2.75) is 123 Å². The van der Waals surface area contributed by atoms with E-state index in [1.165, 1.54) is 172 Å². The van der Waals surface area contributed by atoms with E-state index in [-0.39, 0.29) is 5.41 Å². The van der Waals surface area contributed by atoms with E-state index in [0.717, 1.165) is 33.9 Å². The molecule has 0 N–H and O–H groups in total. The number of rotatable bonds is 17. The Labute approximate surface area is 409 Å². The molecule has 0 saturated carbocycles. The fourth-order valence-electron chi connectivity index (χ4n) is 12.0. The number of nitrogens with zero attached hydrogens (tertiary/aromatic N) is 2. The van der Waals surface area contributed by atoms with Crippen LogP contribution in [0.5, 0.6) is 0 Å². The monoisotopic (exact) mass is 899 g/mol. The number of aromatic nitrogens is 2. The Kier molecular flexibility index (Phi) is 12.6. The number of aryl methyl sites for hydroxylation is 2. The summed E-state index contributed by atoms with van der Waals surface area (Å²) in [7, 11) is 0. The first kappa shape index (κ1) is 44.8. The van der Waals surface area contributed by atoms with Gasteiger partial charge in [0.15, 0.2) is 5.82 Å². The second kappa shape index (κ2) is 19.4. The highest BCUT2D eigenvalue weighted by atomic mass is 14.9. The van der Waals surface area contributed by atoms with E-state index in [4.69, 9.17) is 9.97 Å². The van der Waals surface area contributed by atoms with Crippen LogP contribution in [-0.4, -0.2) is 9.97 Å². The van der Waals surface area contributed by atoms with Crippen molar-refractivity contribution in [2.24, 2.45) is 0 Å². The van der Waals surface area contributed by atoms with E-state index in [1.54, 1.807) is 5.56 Å². The summed E-state index contributed by atoms with van der Waals surface area (Å²) >= 11 is 0. The molecule has 1 aliphatic carbocycles. The van der Waals surface area contributed by atoms with Gasteiger partial charge in [0.2, 0.25) is 0 Å². The van der Waals surface area contributed by atoms with Crippen LogP contribution in [0.2, 0.25) is 0 Å². The van der Waals surface area contributed by atoms with Gasteiger partial charge in [0.05, 0.1) is 11.4 Å². The van der Waals surface area contributed by atoms with E-state index < -0.39 is 0 Å². The molecule has 344 valence electrons. The molecule has 2 heteroatoms. The predicted octanol–water partition coefficient (Wildman–Crippen LogP) is 19.6. The van der Waals surface area contributed by atoms with Crippen LogP contribution in [0.1, 0.15) is 126 Å². The first-order valence-corrected chi connectivity index (χ1v) is 26.3. The first-order chi connectivity index (χ1) is 33.9. The Bertz CT molecular complexity index is 3470. The summed E-state index contributed by atoms with van der Waals surface area (Å²) in [6.07, 6.45) is 18.0. The van der Waals surface area contributed by atoms with Crippen molar-refractivity contribution in [3.63, 3.8) is 0 Å². The molecule has 11 rings (SSSR count). The molecule has 1 heterocycles. The Morgan fingerprint density at radius 1 is 0.348 bits per heavy atom. The number of fused-ring (bicyclic) bond motifs is 11. The third kappa shape index (κ3) is 8.62. The molecule has 1 aromatic heterocycles. The molecule has 0 amide bonds. The van der Waals surface area contributed by atoms with Gasteiger partial charge in [0, 0.05) is 22.1 Å². The molecular weight excluding hydrogens is 833 g/mol. The topological polar surface area (TPSA) is 25.8 Å². The number of unbranched alkanes of at least 4 members (excludes halogenated alkanes) is 10. The highest BCUT2D eigenvalue weighted by Gasteiger charge is 2.42. The molecule has 9 aromatic carbocycles. The molecule has 1 aliphatic rings. The zero-order chi connectivity index (χ0) is 46.9. The smallest absolute Gasteiger partial charge is 0.160 e. The van der Waals surface area contributed by atoms with Crippen molar-refractivity contribution in [3.8, 4) is 45.0 Å². The fourth-order valence-corrected chi connectivity index (χ4v) is 12.0. The van der Waals surface area contributed by atoms with Crippen LogP contribution in [0.4, 0.5) is 0 Å². The lowest BCUT2D eigenvalue weighted by atomic mass is 9.70. The van der Waals surface area contributed by atoms with Gasteiger partial charge >= 0.3 is 0 Å². The number of hydrogen-bond donors (Lipinski definition) is 0. The van der Waals surface area contributed by atoms with Crippen LogP contribution < -0.4 is 0 Å². The van der Waals surface area contributed by atoms with Crippen molar-refractivity contribution in [1.82, 2.24) is 9.97 Å². The Balaban J connectivity index is 1.08. The summed E-state index contributed by atoms with van der Waals surface area (Å²) in [5.41, 5.74) is 13.7. The van der Waals surface area contributed by atoms with Crippen LogP contribution in [0, 0.1) is 13.8 Å². The van der Waals surface area contributed by atoms with E-state index in [2.05, 4.69) is 185 Å². The van der Waals surface area contributed by atoms with Crippen molar-refractivity contribution in [2.75, 3.05) is 0 Å². The van der Waals surface area contributed by atoms with Crippen LogP contribution in [0.25, 0.3) is 98.9 Å². The quantitative estimate of drug-likeness (QED) is 0.0517. The van der Waals surface area contributed by atoms with Crippen LogP contribution in [0.3, 0.4) is 0 Å². The minimum absolute atomic E-state index is 0.0251. The second-order valence-electron chi connectivity index (χ2n) is 20.5. The third-order valence-corrected chi connectivity index (χ3v) is 15.7. The molecule has 0 saturated heterocycles. The molecule has 0 unspecified atom stereocenters. The van der Waals surface area contributed by atoms with Gasteiger partial charge in [-0.05, 0) is 139 Å². The molecule has 10 aromatic rings. The molecule has 2 nitrogen and oxygen atoms in total. The minimum atomic E-state index is -0.0251. The first-order valence-electron chi connectivity index (χ1n) is 26.3. The Morgan fingerprint density at radius 3 is 1.45 bits per heavy atom. The molecule has 0 radical (unpaired) electrons. The maximum Gasteiger partial charge on any atom is 0.160 e. The van der Waals surface area contributed by atoms with Crippen LogP contribution in [-0.2, 0) is 5.41 Å². The van der Waals surface area contributed by atoms with Crippen molar-refractivity contribution < 1.29 is 0 Å². The van der Waals surface area contributed by atoms with Gasteiger partial charge in [-0.2, -0.15) is 0 Å². The van der Waals surface area contributed by atoms with Crippen molar-refractivity contribution in [3.05, 3.63) is 180 Å². The van der Waals surface area contributed by atoms with Gasteiger partial charge in [0.1, 0.15) is 0 Å². The molecule has 0 fully saturated rings. The Morgan fingerprint density at radius 2 is 0.812 bits per heavy atom. The summed E-state index contributed by atoms with van der Waals surface area (Å²) in [6.45, 7) is 9.09. The van der Waals surface area contributed by atoms with Gasteiger partial charge < -0.3 is 0 Å². The van der Waals surface area contributed by atoms with Crippen LogP contribution >= 0.6 is 0 Å². The van der Waals surface area contributed by atoms with E-state index in [1.807, 2.05) is 0 Å². The van der Waals surface area contributed by atoms with Gasteiger partial charge in [-0.25, -0.2) is 9.97 Å². The van der Waals surface area contributed by atoms with Gasteiger partial charge in [-0.3, -0.25) is 0 Å². The minimum Gasteiger partial charge on any atom is -0.228 e. The lowest BCUT2D eigenvalue weighted by Gasteiger charge is -2.33. The molecule has 0 atom stereocenters. The van der Waals surface area contributed by atoms with E-state index in [9.17, 15) is 0 Å². The zero-order valence-corrected chi connectivity index (χ0v) is 41.3. The summed E-state index contributed by atoms with van der Waals surface area (Å²) < 4.78 is 0. The number of hydrogen-bond acceptors (Lipinski definition) is 2. The Hall–Kier alpha value is -6.64. The molecule has 0 spiro atoms. The summed E-state index contributed by atoms with van der Waals surface area (Å²) in [6, 6.07) is 59.7. The maximum atomic E-state index is 5.59. The third-order valence-electron chi connectivity index (χ3n) is 15.7. The van der Waals surface area contributed by atoms with Gasteiger partial charge in [-0.1, -0.05) is 223 Å². The van der Waals surface area contributed by atoms with Gasteiger partial charge in [-0.15, -0.1) is 0 Å². The molecular formula is C67H66N2. The standard InChI is InChI=1S/C67H66N2/c1-5-7-9-11-13-19-35-67(36-20-14-12-10-8-6-2)62-38-46(4)26-32-59(62)60-34-30-50(43-63(60)67)65-44-64(49-29-28-48-39-52-37-45(3)25-27-47(52)40-53(48)41-49)68-66(69-65)51-31-33-58-56-23-16-15-21-54(56)55-22-17-18-24-57(55)61(58)42-51/h15-18,21-34,37-44H,5-14,19-20,35-36H2,1-4H3. The highest BCUT2D eigenvalue weighted by Crippen LogP contribution is 2.55. The molecule has 0 bridgehead atoms. The van der Waals surface area contributed by atoms with Crippen LogP contribution in [0.15, 0.2) is 158 Å². The molecule has 69 heavy (non-hydrogen) atoms. The molecule has 0 aliphatic heterocycles. The normalized spacial score (nSPS) is 13.0. The summed E-state index contributed by atoms with van der Waals surface area (Å²) in [4.78, 5) is 11.1. The van der Waals surface area contributed by atoms with E-state index in [0.29, 0.717) is 0 Å². The average Bonchev–Trinajstić information content (AvgIpc) is 3.64. The highest BCUT2D eigenvalue weighted by molar-refractivity contribution is 6.25. The average molecular weight is 899 g/mol. The van der Waals surface area contributed by atoms with Gasteiger partial charge in [0.25, 0.3) is 0 Å². The SMILES string of the molecule is CCCCCCCCC1(CCCCCCCC)c2cc(C)ccc2-c2ccc(-c3cc(-c4ccc5cc6cc(C)ccc6cc5c4)nc(-c4ccc5c6ccccc6c6ccccc6c5c4)n3)cc21. The maximum absolute atomic E-state index is 5.59. The number of benzene rings is 9. The van der Waals surface area contributed by atoms with Crippen molar-refractivity contribution in [1.29, 1.82) is 0 Å². The predicted molar refractivity (Wildman–Crippen MR) is 298 cm³/mol. The lowest BCUT2D eigenvalue weighted by Crippen LogP contribution is -2.25. The van der Waals surface area contributed by atoms with Crippen molar-refractivity contribution >= 4 is 53.9 Å². The second-order valence-corrected chi connectivity index (χ2v) is 20.5. The van der Waals surface area contributed by atoms with E-state index >= 15 is 0 Å². The summed E-state index contributed by atoms with van der Waals surface area (Å²) in [5, 5.41) is 12.5. The summed E-state index contributed by atoms with van der Waals surface area (Å²) in [5.74, 6) is 0.751. The fraction of sp³-hybridized carbons (Fsp3) is 0.284. The largest absolute Gasteiger partial charge is 0.228 e. The zero-order valence-electron chi connectivity index (χ0n) is 41.3. The lowest BCUT2D eigenvalue weighted by molar-refractivity contribution is 0.398.